The van der Waals surface area contributed by atoms with Crippen molar-refractivity contribution in [1.82, 2.24) is 9.78 Å². The van der Waals surface area contributed by atoms with E-state index in [2.05, 4.69) is 5.10 Å². The van der Waals surface area contributed by atoms with Crippen LogP contribution in [-0.4, -0.2) is 29.0 Å². The van der Waals surface area contributed by atoms with Crippen molar-refractivity contribution < 1.29 is 14.3 Å². The summed E-state index contributed by atoms with van der Waals surface area (Å²) in [6.07, 6.45) is 0. The van der Waals surface area contributed by atoms with Gasteiger partial charge in [-0.3, -0.25) is 9.48 Å². The zero-order valence-electron chi connectivity index (χ0n) is 12.6. The second kappa shape index (κ2) is 6.92. The second-order valence-electron chi connectivity index (χ2n) is 4.82. The van der Waals surface area contributed by atoms with Crippen molar-refractivity contribution in [3.8, 4) is 17.1 Å². The second-order valence-corrected chi connectivity index (χ2v) is 4.82. The molecular weight excluding hydrogens is 268 g/mol. The standard InChI is InChI=1S/C16H20N2O3/c1-4-20-16(19)12(2)11-21-15-10-14(18(3)17-15)13-8-6-5-7-9-13/h5-10,12H,4,11H2,1-3H3. The van der Waals surface area contributed by atoms with Crippen LogP contribution in [0.25, 0.3) is 11.3 Å². The monoisotopic (exact) mass is 288 g/mol. The zero-order chi connectivity index (χ0) is 15.2. The Morgan fingerprint density at radius 2 is 2.05 bits per heavy atom. The van der Waals surface area contributed by atoms with Gasteiger partial charge in [-0.25, -0.2) is 0 Å². The molecule has 0 N–H and O–H groups in total. The van der Waals surface area contributed by atoms with E-state index in [1.54, 1.807) is 18.5 Å². The van der Waals surface area contributed by atoms with E-state index in [0.717, 1.165) is 11.3 Å². The van der Waals surface area contributed by atoms with Crippen LogP contribution in [0.5, 0.6) is 5.88 Å². The van der Waals surface area contributed by atoms with Crippen LogP contribution < -0.4 is 4.74 Å². The molecule has 0 aliphatic rings. The minimum atomic E-state index is -0.313. The Morgan fingerprint density at radius 1 is 1.33 bits per heavy atom. The fourth-order valence-corrected chi connectivity index (χ4v) is 1.95. The molecule has 1 aromatic carbocycles. The third kappa shape index (κ3) is 3.84. The number of benzene rings is 1. The predicted octanol–water partition coefficient (Wildman–Crippen LogP) is 2.67. The lowest BCUT2D eigenvalue weighted by Crippen LogP contribution is -2.21. The van der Waals surface area contributed by atoms with Gasteiger partial charge < -0.3 is 9.47 Å². The predicted molar refractivity (Wildman–Crippen MR) is 79.9 cm³/mol. The van der Waals surface area contributed by atoms with E-state index < -0.39 is 0 Å². The Kier molecular flexibility index (Phi) is 4.98. The van der Waals surface area contributed by atoms with Crippen molar-refractivity contribution in [3.63, 3.8) is 0 Å². The molecule has 0 saturated carbocycles. The van der Waals surface area contributed by atoms with Crippen molar-refractivity contribution in [2.24, 2.45) is 13.0 Å². The molecule has 0 aliphatic heterocycles. The quantitative estimate of drug-likeness (QED) is 0.767. The van der Waals surface area contributed by atoms with E-state index in [4.69, 9.17) is 9.47 Å². The van der Waals surface area contributed by atoms with Crippen LogP contribution in [0.1, 0.15) is 13.8 Å². The lowest BCUT2D eigenvalue weighted by Gasteiger charge is -2.10. The maximum Gasteiger partial charge on any atom is 0.312 e. The van der Waals surface area contributed by atoms with Crippen LogP contribution in [0.3, 0.4) is 0 Å². The number of hydrogen-bond donors (Lipinski definition) is 0. The Hall–Kier alpha value is -2.30. The van der Waals surface area contributed by atoms with Gasteiger partial charge in [0.15, 0.2) is 0 Å². The smallest absolute Gasteiger partial charge is 0.312 e. The van der Waals surface area contributed by atoms with Crippen LogP contribution in [0.15, 0.2) is 36.4 Å². The average molecular weight is 288 g/mol. The highest BCUT2D eigenvalue weighted by Gasteiger charge is 2.16. The molecule has 112 valence electrons. The molecule has 0 bridgehead atoms. The van der Waals surface area contributed by atoms with E-state index in [-0.39, 0.29) is 18.5 Å². The van der Waals surface area contributed by atoms with Gasteiger partial charge in [0.2, 0.25) is 5.88 Å². The van der Waals surface area contributed by atoms with E-state index in [9.17, 15) is 4.79 Å². The van der Waals surface area contributed by atoms with E-state index >= 15 is 0 Å². The van der Waals surface area contributed by atoms with E-state index in [1.807, 2.05) is 43.4 Å². The maximum absolute atomic E-state index is 11.5. The molecule has 5 nitrogen and oxygen atoms in total. The summed E-state index contributed by atoms with van der Waals surface area (Å²) in [5.41, 5.74) is 2.04. The molecule has 1 aromatic heterocycles. The molecule has 5 heteroatoms. The van der Waals surface area contributed by atoms with E-state index in [0.29, 0.717) is 12.5 Å². The zero-order valence-corrected chi connectivity index (χ0v) is 12.6. The molecule has 2 rings (SSSR count). The summed E-state index contributed by atoms with van der Waals surface area (Å²) in [5.74, 6) is -0.0589. The van der Waals surface area contributed by atoms with Crippen molar-refractivity contribution >= 4 is 5.97 Å². The summed E-state index contributed by atoms with van der Waals surface area (Å²) < 4.78 is 12.3. The number of aromatic nitrogens is 2. The number of hydrogen-bond acceptors (Lipinski definition) is 4. The summed E-state index contributed by atoms with van der Waals surface area (Å²) in [4.78, 5) is 11.5. The van der Waals surface area contributed by atoms with Crippen LogP contribution in [0.4, 0.5) is 0 Å². The fraction of sp³-hybridized carbons (Fsp3) is 0.375. The highest BCUT2D eigenvalue weighted by Crippen LogP contribution is 2.23. The van der Waals surface area contributed by atoms with Gasteiger partial charge in [-0.05, 0) is 19.4 Å². The van der Waals surface area contributed by atoms with Crippen LogP contribution in [0.2, 0.25) is 0 Å². The van der Waals surface area contributed by atoms with Crippen molar-refractivity contribution in [3.05, 3.63) is 36.4 Å². The van der Waals surface area contributed by atoms with Crippen molar-refractivity contribution in [2.45, 2.75) is 13.8 Å². The summed E-state index contributed by atoms with van der Waals surface area (Å²) >= 11 is 0. The lowest BCUT2D eigenvalue weighted by molar-refractivity contribution is -0.148. The summed E-state index contributed by atoms with van der Waals surface area (Å²) in [5, 5.41) is 4.31. The van der Waals surface area contributed by atoms with Gasteiger partial charge in [0.05, 0.1) is 18.2 Å². The number of aryl methyl sites for hydroxylation is 1. The topological polar surface area (TPSA) is 53.4 Å². The first kappa shape index (κ1) is 15.1. The van der Waals surface area contributed by atoms with Gasteiger partial charge in [-0.15, -0.1) is 5.10 Å². The van der Waals surface area contributed by atoms with Gasteiger partial charge in [0.25, 0.3) is 0 Å². The van der Waals surface area contributed by atoms with Gasteiger partial charge in [-0.1, -0.05) is 30.3 Å². The summed E-state index contributed by atoms with van der Waals surface area (Å²) in [7, 11) is 1.87. The fourth-order valence-electron chi connectivity index (χ4n) is 1.95. The Labute approximate surface area is 124 Å². The first-order valence-corrected chi connectivity index (χ1v) is 7.00. The van der Waals surface area contributed by atoms with Crippen molar-refractivity contribution in [1.29, 1.82) is 0 Å². The Morgan fingerprint density at radius 3 is 2.71 bits per heavy atom. The lowest BCUT2D eigenvalue weighted by atomic mass is 10.1. The molecule has 0 radical (unpaired) electrons. The molecule has 0 amide bonds. The Bertz CT molecular complexity index is 593. The largest absolute Gasteiger partial charge is 0.476 e. The number of rotatable bonds is 6. The first-order valence-electron chi connectivity index (χ1n) is 7.00. The molecule has 1 heterocycles. The van der Waals surface area contributed by atoms with E-state index in [1.165, 1.54) is 0 Å². The Balaban J connectivity index is 2.01. The van der Waals surface area contributed by atoms with Crippen LogP contribution in [0, 0.1) is 5.92 Å². The highest BCUT2D eigenvalue weighted by atomic mass is 16.5. The molecule has 0 fully saturated rings. The minimum absolute atomic E-state index is 0.253. The van der Waals surface area contributed by atoms with Gasteiger partial charge in [-0.2, -0.15) is 0 Å². The third-order valence-corrected chi connectivity index (χ3v) is 3.10. The number of carbonyl (C=O) groups is 1. The SMILES string of the molecule is CCOC(=O)C(C)COc1cc(-c2ccccc2)n(C)n1. The van der Waals surface area contributed by atoms with Gasteiger partial charge in [0, 0.05) is 13.1 Å². The number of ether oxygens (including phenoxy) is 2. The molecule has 0 saturated heterocycles. The third-order valence-electron chi connectivity index (χ3n) is 3.10. The van der Waals surface area contributed by atoms with Crippen LogP contribution >= 0.6 is 0 Å². The average Bonchev–Trinajstić information content (AvgIpc) is 2.87. The molecular formula is C16H20N2O3. The highest BCUT2D eigenvalue weighted by molar-refractivity contribution is 5.72. The van der Waals surface area contributed by atoms with Crippen molar-refractivity contribution in [2.75, 3.05) is 13.2 Å². The van der Waals surface area contributed by atoms with Gasteiger partial charge >= 0.3 is 5.97 Å². The molecule has 2 aromatic rings. The maximum atomic E-state index is 11.5. The van der Waals surface area contributed by atoms with Crippen LogP contribution in [-0.2, 0) is 16.6 Å². The normalized spacial score (nSPS) is 12.0. The molecule has 0 aliphatic carbocycles. The van der Waals surface area contributed by atoms with Gasteiger partial charge in [0.1, 0.15) is 6.61 Å². The first-order chi connectivity index (χ1) is 10.1. The molecule has 1 unspecified atom stereocenters. The number of carbonyl (C=O) groups excluding carboxylic acids is 1. The molecule has 0 spiro atoms. The molecule has 1 atom stereocenters. The summed E-state index contributed by atoms with van der Waals surface area (Å²) in [6, 6.07) is 11.8. The minimum Gasteiger partial charge on any atom is -0.476 e. The summed E-state index contributed by atoms with van der Waals surface area (Å²) in [6.45, 7) is 4.20. The number of nitrogens with zero attached hydrogens (tertiary/aromatic N) is 2. The number of esters is 1. The molecule has 21 heavy (non-hydrogen) atoms.